The molecule has 0 unspecified atom stereocenters. The average molecular weight is 335 g/mol. The molecule has 5 nitrogen and oxygen atoms in total. The third-order valence-electron chi connectivity index (χ3n) is 3.78. The normalized spacial score (nSPS) is 10.9. The summed E-state index contributed by atoms with van der Waals surface area (Å²) in [5.41, 5.74) is 2.91. The number of ether oxygens (including phenoxy) is 1. The zero-order valence-corrected chi connectivity index (χ0v) is 13.7. The van der Waals surface area contributed by atoms with Gasteiger partial charge in [-0.3, -0.25) is 4.79 Å². The number of fused-ring (bicyclic) bond motifs is 1. The maximum atomic E-state index is 12.6. The Balaban J connectivity index is 1.83. The van der Waals surface area contributed by atoms with Gasteiger partial charge in [0.15, 0.2) is 5.65 Å². The molecule has 0 aliphatic carbocycles. The largest absolute Gasteiger partial charge is 0.497 e. The number of hydrogen-bond acceptors (Lipinski definition) is 5. The fourth-order valence-electron chi connectivity index (χ4n) is 2.57. The van der Waals surface area contributed by atoms with Crippen molar-refractivity contribution in [2.75, 3.05) is 7.11 Å². The highest BCUT2D eigenvalue weighted by atomic mass is 32.1. The first kappa shape index (κ1) is 14.6. The number of benzene rings is 1. The molecule has 3 aromatic heterocycles. The number of thiophene rings is 1. The predicted molar refractivity (Wildman–Crippen MR) is 92.7 cm³/mol. The molecular formula is C18H13N3O2S. The highest BCUT2D eigenvalue weighted by Gasteiger charge is 2.18. The lowest BCUT2D eigenvalue weighted by Gasteiger charge is -2.06. The van der Waals surface area contributed by atoms with E-state index in [0.717, 1.165) is 17.0 Å². The van der Waals surface area contributed by atoms with Crippen LogP contribution in [-0.4, -0.2) is 27.5 Å². The van der Waals surface area contributed by atoms with E-state index in [4.69, 9.17) is 4.74 Å². The van der Waals surface area contributed by atoms with Crippen LogP contribution in [0.1, 0.15) is 15.2 Å². The van der Waals surface area contributed by atoms with Gasteiger partial charge < -0.3 is 4.74 Å². The van der Waals surface area contributed by atoms with Crippen LogP contribution in [0.4, 0.5) is 0 Å². The first-order valence-electron chi connectivity index (χ1n) is 7.33. The Bertz CT molecular complexity index is 1000. The summed E-state index contributed by atoms with van der Waals surface area (Å²) in [5, 5.41) is 6.26. The zero-order valence-electron chi connectivity index (χ0n) is 12.8. The van der Waals surface area contributed by atoms with Crippen LogP contribution in [0.15, 0.2) is 60.2 Å². The van der Waals surface area contributed by atoms with Crippen molar-refractivity contribution < 1.29 is 9.53 Å². The second kappa shape index (κ2) is 5.90. The maximum Gasteiger partial charge on any atom is 0.208 e. The molecule has 6 heteroatoms. The molecule has 0 bridgehead atoms. The quantitative estimate of drug-likeness (QED) is 0.534. The van der Waals surface area contributed by atoms with E-state index in [0.29, 0.717) is 16.1 Å². The molecule has 0 aliphatic rings. The fraction of sp³-hybridized carbons (Fsp3) is 0.0556. The van der Waals surface area contributed by atoms with Crippen LogP contribution >= 0.6 is 11.3 Å². The van der Waals surface area contributed by atoms with Gasteiger partial charge in [0.05, 0.1) is 29.4 Å². The summed E-state index contributed by atoms with van der Waals surface area (Å²) in [4.78, 5) is 17.6. The van der Waals surface area contributed by atoms with Crippen LogP contribution in [-0.2, 0) is 0 Å². The molecule has 1 aromatic carbocycles. The standard InChI is InChI=1S/C18H13N3O2S/c1-23-13-6-4-12(5-7-13)15-8-9-19-18-14(11-20-21(15)18)17(22)16-3-2-10-24-16/h2-11H,1H3. The predicted octanol–water partition coefficient (Wildman–Crippen LogP) is 3.70. The number of methoxy groups -OCH3 is 1. The van der Waals surface area contributed by atoms with Crippen LogP contribution in [0.2, 0.25) is 0 Å². The molecule has 0 fully saturated rings. The van der Waals surface area contributed by atoms with Crippen LogP contribution in [0.25, 0.3) is 16.9 Å². The van der Waals surface area contributed by atoms with Gasteiger partial charge in [-0.15, -0.1) is 11.3 Å². The minimum atomic E-state index is -0.0561. The molecular weight excluding hydrogens is 322 g/mol. The van der Waals surface area contributed by atoms with Crippen molar-refractivity contribution in [3.05, 3.63) is 70.7 Å². The van der Waals surface area contributed by atoms with E-state index in [2.05, 4.69) is 10.1 Å². The monoisotopic (exact) mass is 335 g/mol. The summed E-state index contributed by atoms with van der Waals surface area (Å²) in [6.07, 6.45) is 3.28. The maximum absolute atomic E-state index is 12.6. The SMILES string of the molecule is COc1ccc(-c2ccnc3c(C(=O)c4cccs4)cnn23)cc1. The van der Waals surface area contributed by atoms with Gasteiger partial charge in [-0.2, -0.15) is 5.10 Å². The van der Waals surface area contributed by atoms with Crippen molar-refractivity contribution in [1.82, 2.24) is 14.6 Å². The minimum absolute atomic E-state index is 0.0561. The lowest BCUT2D eigenvalue weighted by molar-refractivity contribution is 0.104. The first-order valence-corrected chi connectivity index (χ1v) is 8.21. The number of nitrogens with zero attached hydrogens (tertiary/aromatic N) is 3. The Morgan fingerprint density at radius 1 is 1.17 bits per heavy atom. The minimum Gasteiger partial charge on any atom is -0.497 e. The third kappa shape index (κ3) is 2.37. The van der Waals surface area contributed by atoms with E-state index in [1.54, 1.807) is 24.0 Å². The molecule has 24 heavy (non-hydrogen) atoms. The molecule has 118 valence electrons. The smallest absolute Gasteiger partial charge is 0.208 e. The molecule has 0 spiro atoms. The number of rotatable bonds is 4. The first-order chi connectivity index (χ1) is 11.8. The van der Waals surface area contributed by atoms with Crippen LogP contribution < -0.4 is 4.74 Å². The second-order valence-electron chi connectivity index (χ2n) is 5.16. The summed E-state index contributed by atoms with van der Waals surface area (Å²) in [5.74, 6) is 0.734. The van der Waals surface area contributed by atoms with Gasteiger partial charge in [-0.1, -0.05) is 6.07 Å². The van der Waals surface area contributed by atoms with Crippen molar-refractivity contribution in [3.63, 3.8) is 0 Å². The zero-order chi connectivity index (χ0) is 16.5. The Morgan fingerprint density at radius 2 is 2.00 bits per heavy atom. The Kier molecular flexibility index (Phi) is 3.59. The van der Waals surface area contributed by atoms with E-state index in [-0.39, 0.29) is 5.78 Å². The Morgan fingerprint density at radius 3 is 2.71 bits per heavy atom. The third-order valence-corrected chi connectivity index (χ3v) is 4.65. The number of aromatic nitrogens is 3. The molecule has 0 amide bonds. The number of carbonyl (C=O) groups excluding carboxylic acids is 1. The molecule has 0 atom stereocenters. The van der Waals surface area contributed by atoms with Gasteiger partial charge in [-0.25, -0.2) is 9.50 Å². The van der Waals surface area contributed by atoms with E-state index >= 15 is 0 Å². The highest BCUT2D eigenvalue weighted by Crippen LogP contribution is 2.24. The highest BCUT2D eigenvalue weighted by molar-refractivity contribution is 7.12. The van der Waals surface area contributed by atoms with Crippen molar-refractivity contribution >= 4 is 22.8 Å². The van der Waals surface area contributed by atoms with Crippen LogP contribution in [0, 0.1) is 0 Å². The van der Waals surface area contributed by atoms with Gasteiger partial charge >= 0.3 is 0 Å². The topological polar surface area (TPSA) is 56.5 Å². The van der Waals surface area contributed by atoms with Gasteiger partial charge in [0.25, 0.3) is 0 Å². The summed E-state index contributed by atoms with van der Waals surface area (Å²) in [6, 6.07) is 13.2. The molecule has 0 radical (unpaired) electrons. The number of carbonyl (C=O) groups is 1. The average Bonchev–Trinajstić information content (AvgIpc) is 3.31. The van der Waals surface area contributed by atoms with Crippen LogP contribution in [0.5, 0.6) is 5.75 Å². The van der Waals surface area contributed by atoms with Crippen molar-refractivity contribution in [1.29, 1.82) is 0 Å². The summed E-state index contributed by atoms with van der Waals surface area (Å²) >= 11 is 1.41. The van der Waals surface area contributed by atoms with Gasteiger partial charge in [0.2, 0.25) is 5.78 Å². The lowest BCUT2D eigenvalue weighted by Crippen LogP contribution is -2.01. The Labute approximate surface area is 142 Å². The molecule has 0 saturated heterocycles. The lowest BCUT2D eigenvalue weighted by atomic mass is 10.1. The number of ketones is 1. The van der Waals surface area contributed by atoms with Crippen molar-refractivity contribution in [3.8, 4) is 17.0 Å². The molecule has 3 heterocycles. The van der Waals surface area contributed by atoms with Crippen LogP contribution in [0.3, 0.4) is 0 Å². The molecule has 0 aliphatic heterocycles. The molecule has 4 rings (SSSR count). The van der Waals surface area contributed by atoms with E-state index < -0.39 is 0 Å². The van der Waals surface area contributed by atoms with Gasteiger partial charge in [-0.05, 0) is 41.8 Å². The van der Waals surface area contributed by atoms with E-state index in [1.165, 1.54) is 11.3 Å². The fourth-order valence-corrected chi connectivity index (χ4v) is 3.25. The molecule has 0 saturated carbocycles. The molecule has 0 N–H and O–H groups in total. The van der Waals surface area contributed by atoms with Gasteiger partial charge in [0, 0.05) is 11.8 Å². The summed E-state index contributed by atoms with van der Waals surface area (Å²) < 4.78 is 6.89. The van der Waals surface area contributed by atoms with Crippen molar-refractivity contribution in [2.24, 2.45) is 0 Å². The van der Waals surface area contributed by atoms with E-state index in [9.17, 15) is 4.79 Å². The Hall–Kier alpha value is -2.99. The second-order valence-corrected chi connectivity index (χ2v) is 6.11. The molecule has 4 aromatic rings. The van der Waals surface area contributed by atoms with E-state index in [1.807, 2.05) is 47.8 Å². The van der Waals surface area contributed by atoms with Crippen molar-refractivity contribution in [2.45, 2.75) is 0 Å². The summed E-state index contributed by atoms with van der Waals surface area (Å²) in [7, 11) is 1.63. The summed E-state index contributed by atoms with van der Waals surface area (Å²) in [6.45, 7) is 0. The number of hydrogen-bond donors (Lipinski definition) is 0. The van der Waals surface area contributed by atoms with Gasteiger partial charge in [0.1, 0.15) is 5.75 Å².